The fourth-order valence-corrected chi connectivity index (χ4v) is 5.10. The molecule has 8 nitrogen and oxygen atoms in total. The van der Waals surface area contributed by atoms with Gasteiger partial charge in [-0.2, -0.15) is 0 Å². The van der Waals surface area contributed by atoms with E-state index >= 15 is 0 Å². The number of rotatable bonds is 4. The fourth-order valence-electron chi connectivity index (χ4n) is 5.10. The van der Waals surface area contributed by atoms with Crippen LogP contribution < -0.4 is 5.32 Å². The highest BCUT2D eigenvalue weighted by Crippen LogP contribution is 2.41. The van der Waals surface area contributed by atoms with Gasteiger partial charge in [-0.1, -0.05) is 0 Å². The number of nitrogens with zero attached hydrogens (tertiary/aromatic N) is 4. The highest BCUT2D eigenvalue weighted by atomic mass is 16.5. The minimum absolute atomic E-state index is 0.0343. The van der Waals surface area contributed by atoms with E-state index in [9.17, 15) is 4.79 Å². The molecule has 6 heterocycles. The van der Waals surface area contributed by atoms with Gasteiger partial charge in [-0.05, 0) is 50.4 Å². The van der Waals surface area contributed by atoms with Crippen molar-refractivity contribution in [3.8, 4) is 11.5 Å². The molecule has 160 valence electrons. The third kappa shape index (κ3) is 3.94. The number of ether oxygens (including phenoxy) is 1. The first kappa shape index (κ1) is 19.5. The number of urea groups is 1. The monoisotopic (exact) mass is 411 g/mol. The molecule has 4 unspecified atom stereocenters. The van der Waals surface area contributed by atoms with Gasteiger partial charge >= 0.3 is 6.03 Å². The van der Waals surface area contributed by atoms with Crippen LogP contribution in [0.25, 0.3) is 11.5 Å². The van der Waals surface area contributed by atoms with Crippen molar-refractivity contribution < 1.29 is 13.9 Å². The average molecular weight is 412 g/mol. The number of furan rings is 1. The van der Waals surface area contributed by atoms with Crippen molar-refractivity contribution in [2.75, 3.05) is 45.9 Å². The van der Waals surface area contributed by atoms with Crippen molar-refractivity contribution in [2.24, 2.45) is 5.92 Å². The van der Waals surface area contributed by atoms with Crippen molar-refractivity contribution in [2.45, 2.75) is 31.7 Å². The number of nitrogens with one attached hydrogen (secondary N) is 1. The van der Waals surface area contributed by atoms with Gasteiger partial charge in [0.1, 0.15) is 11.5 Å². The molecule has 4 aliphatic rings. The Morgan fingerprint density at radius 2 is 2.13 bits per heavy atom. The molecule has 2 aromatic rings. The largest absolute Gasteiger partial charge is 0.463 e. The summed E-state index contributed by atoms with van der Waals surface area (Å²) in [5.74, 6) is 2.55. The van der Waals surface area contributed by atoms with Gasteiger partial charge in [0, 0.05) is 43.8 Å². The Kier molecular flexibility index (Phi) is 5.43. The minimum Gasteiger partial charge on any atom is -0.463 e. The lowest BCUT2D eigenvalue weighted by atomic mass is 9.74. The first-order chi connectivity index (χ1) is 14.7. The summed E-state index contributed by atoms with van der Waals surface area (Å²) in [5.41, 5.74) is 1.97. The summed E-state index contributed by atoms with van der Waals surface area (Å²) in [5, 5.41) is 3.15. The molecule has 2 bridgehead atoms. The molecule has 8 heteroatoms. The second-order valence-corrected chi connectivity index (χ2v) is 8.53. The van der Waals surface area contributed by atoms with Gasteiger partial charge in [-0.25, -0.2) is 14.8 Å². The van der Waals surface area contributed by atoms with E-state index in [1.165, 1.54) is 6.42 Å². The molecule has 4 atom stereocenters. The Morgan fingerprint density at radius 3 is 2.87 bits per heavy atom. The molecule has 6 rings (SSSR count). The summed E-state index contributed by atoms with van der Waals surface area (Å²) in [6.45, 7) is 7.34. The van der Waals surface area contributed by atoms with E-state index in [1.807, 2.05) is 24.0 Å². The molecular formula is C22H29N5O3. The van der Waals surface area contributed by atoms with Crippen LogP contribution in [0.4, 0.5) is 4.79 Å². The molecule has 2 aromatic heterocycles. The second-order valence-electron chi connectivity index (χ2n) is 8.53. The number of carbonyl (C=O) groups is 1. The smallest absolute Gasteiger partial charge is 0.317 e. The molecule has 0 aromatic carbocycles. The summed E-state index contributed by atoms with van der Waals surface area (Å²) in [4.78, 5) is 26.1. The van der Waals surface area contributed by atoms with Crippen molar-refractivity contribution in [1.29, 1.82) is 0 Å². The summed E-state index contributed by atoms with van der Waals surface area (Å²) in [6.07, 6.45) is 3.95. The second kappa shape index (κ2) is 8.35. The molecule has 4 aliphatic heterocycles. The van der Waals surface area contributed by atoms with Gasteiger partial charge in [-0.15, -0.1) is 0 Å². The van der Waals surface area contributed by atoms with E-state index in [0.717, 1.165) is 42.5 Å². The lowest BCUT2D eigenvalue weighted by molar-refractivity contribution is 0.0274. The Balaban J connectivity index is 1.24. The van der Waals surface area contributed by atoms with Gasteiger partial charge in [-0.3, -0.25) is 4.90 Å². The van der Waals surface area contributed by atoms with Gasteiger partial charge in [0.05, 0.1) is 19.5 Å². The number of morpholine rings is 1. The van der Waals surface area contributed by atoms with Crippen molar-refractivity contribution in [3.63, 3.8) is 0 Å². The molecule has 0 radical (unpaired) electrons. The van der Waals surface area contributed by atoms with Crippen molar-refractivity contribution in [1.82, 2.24) is 25.1 Å². The Labute approximate surface area is 176 Å². The highest BCUT2D eigenvalue weighted by molar-refractivity contribution is 5.74. The SMILES string of the molecule is Cc1nc(-c2ccco2)cc(C2CN3CCC2CC3CNC(=O)N2CCOCC2)n1. The fraction of sp³-hybridized carbons (Fsp3) is 0.591. The number of aromatic nitrogens is 2. The zero-order chi connectivity index (χ0) is 20.5. The van der Waals surface area contributed by atoms with Crippen LogP contribution >= 0.6 is 0 Å². The van der Waals surface area contributed by atoms with Crippen LogP contribution in [0.3, 0.4) is 0 Å². The first-order valence-electron chi connectivity index (χ1n) is 10.9. The quantitative estimate of drug-likeness (QED) is 0.831. The van der Waals surface area contributed by atoms with E-state index < -0.39 is 0 Å². The maximum atomic E-state index is 12.4. The van der Waals surface area contributed by atoms with Crippen LogP contribution in [0, 0.1) is 12.8 Å². The van der Waals surface area contributed by atoms with Crippen molar-refractivity contribution >= 4 is 6.03 Å². The number of carbonyl (C=O) groups excluding carboxylic acids is 1. The molecule has 2 amide bonds. The van der Waals surface area contributed by atoms with Crippen LogP contribution in [0.1, 0.15) is 30.3 Å². The normalized spacial score (nSPS) is 28.5. The minimum atomic E-state index is 0.0343. The molecular weight excluding hydrogens is 382 g/mol. The van der Waals surface area contributed by atoms with Gasteiger partial charge < -0.3 is 19.4 Å². The lowest BCUT2D eigenvalue weighted by Gasteiger charge is -2.49. The van der Waals surface area contributed by atoms with E-state index in [-0.39, 0.29) is 6.03 Å². The molecule has 4 saturated heterocycles. The maximum Gasteiger partial charge on any atom is 0.317 e. The summed E-state index contributed by atoms with van der Waals surface area (Å²) < 4.78 is 10.9. The molecule has 4 fully saturated rings. The van der Waals surface area contributed by atoms with Crippen LogP contribution in [-0.2, 0) is 4.74 Å². The highest BCUT2D eigenvalue weighted by Gasteiger charge is 2.41. The molecule has 30 heavy (non-hydrogen) atoms. The van der Waals surface area contributed by atoms with Crippen LogP contribution in [0.2, 0.25) is 0 Å². The number of hydrogen-bond donors (Lipinski definition) is 1. The first-order valence-corrected chi connectivity index (χ1v) is 10.9. The van der Waals surface area contributed by atoms with Crippen LogP contribution in [0.15, 0.2) is 28.9 Å². The Bertz CT molecular complexity index is 881. The summed E-state index contributed by atoms with van der Waals surface area (Å²) >= 11 is 0. The van der Waals surface area contributed by atoms with Gasteiger partial charge in [0.25, 0.3) is 0 Å². The topological polar surface area (TPSA) is 83.7 Å². The number of aryl methyl sites for hydroxylation is 1. The van der Waals surface area contributed by atoms with Crippen LogP contribution in [-0.4, -0.2) is 77.8 Å². The van der Waals surface area contributed by atoms with E-state index in [4.69, 9.17) is 14.1 Å². The third-order valence-corrected chi connectivity index (χ3v) is 6.68. The van der Waals surface area contributed by atoms with E-state index in [0.29, 0.717) is 50.7 Å². The number of piperidine rings is 3. The third-order valence-electron chi connectivity index (χ3n) is 6.68. The Morgan fingerprint density at radius 1 is 1.27 bits per heavy atom. The van der Waals surface area contributed by atoms with Gasteiger partial charge in [0.15, 0.2) is 5.76 Å². The summed E-state index contributed by atoms with van der Waals surface area (Å²) in [7, 11) is 0. The predicted octanol–water partition coefficient (Wildman–Crippen LogP) is 2.26. The van der Waals surface area contributed by atoms with Gasteiger partial charge in [0.2, 0.25) is 0 Å². The zero-order valence-corrected chi connectivity index (χ0v) is 17.4. The standard InChI is InChI=1S/C22H29N5O3/c1-15-24-19(12-20(25-15)21-3-2-8-30-21)18-14-27-5-4-16(18)11-17(27)13-23-22(28)26-6-9-29-10-7-26/h2-3,8,12,16-18H,4-7,9-11,13-14H2,1H3,(H,23,28). The number of hydrogen-bond acceptors (Lipinski definition) is 6. The lowest BCUT2D eigenvalue weighted by Crippen LogP contribution is -2.57. The number of fused-ring (bicyclic) bond motifs is 3. The predicted molar refractivity (Wildman–Crippen MR) is 111 cm³/mol. The zero-order valence-electron chi connectivity index (χ0n) is 17.4. The summed E-state index contributed by atoms with van der Waals surface area (Å²) in [6, 6.07) is 6.35. The van der Waals surface area contributed by atoms with E-state index in [1.54, 1.807) is 6.26 Å². The van der Waals surface area contributed by atoms with Crippen molar-refractivity contribution in [3.05, 3.63) is 36.0 Å². The molecule has 1 N–H and O–H groups in total. The average Bonchev–Trinajstić information content (AvgIpc) is 3.33. The maximum absolute atomic E-state index is 12.4. The van der Waals surface area contributed by atoms with E-state index in [2.05, 4.69) is 21.3 Å². The molecule has 0 aliphatic carbocycles. The molecule has 0 saturated carbocycles. The number of amides is 2. The Hall–Kier alpha value is -2.45. The molecule has 0 spiro atoms. The van der Waals surface area contributed by atoms with Crippen LogP contribution in [0.5, 0.6) is 0 Å².